The minimum Gasteiger partial charge on any atom is -0.443 e. The maximum atomic E-state index is 11.9. The number of carbonyl (C=O) groups is 3. The second-order valence-electron chi connectivity index (χ2n) is 13.3. The van der Waals surface area contributed by atoms with Gasteiger partial charge >= 0.3 is 0 Å². The molecule has 306 valence electrons. The van der Waals surface area contributed by atoms with Gasteiger partial charge in [0.15, 0.2) is 23.7 Å². The van der Waals surface area contributed by atoms with E-state index in [1.54, 1.807) is 67.8 Å². The molecule has 0 bridgehead atoms. The van der Waals surface area contributed by atoms with Crippen LogP contribution in [0.15, 0.2) is 222 Å². The number of ketones is 1. The van der Waals surface area contributed by atoms with Crippen molar-refractivity contribution >= 4 is 24.3 Å². The lowest BCUT2D eigenvalue weighted by Crippen LogP contribution is -2.14. The quantitative estimate of drug-likeness (QED) is 0.105. The van der Waals surface area contributed by atoms with E-state index >= 15 is 0 Å². The molecule has 10 heteroatoms. The normalized spacial score (nSPS) is 10.5. The highest BCUT2D eigenvalue weighted by atomic mass is 16.4. The van der Waals surface area contributed by atoms with Gasteiger partial charge in [0, 0.05) is 41.1 Å². The number of nitrogens with zero attached hydrogens (tertiary/aromatic N) is 4. The van der Waals surface area contributed by atoms with Crippen LogP contribution in [0.2, 0.25) is 0 Å². The van der Waals surface area contributed by atoms with Gasteiger partial charge in [-0.3, -0.25) is 14.4 Å². The zero-order valence-electron chi connectivity index (χ0n) is 33.7. The summed E-state index contributed by atoms with van der Waals surface area (Å²) in [5.41, 5.74) is 6.67. The summed E-state index contributed by atoms with van der Waals surface area (Å²) in [5, 5.41) is 9.89. The summed E-state index contributed by atoms with van der Waals surface area (Å²) >= 11 is 0. The van der Waals surface area contributed by atoms with Crippen molar-refractivity contribution in [3.8, 4) is 45.2 Å². The van der Waals surface area contributed by atoms with Crippen LogP contribution in [-0.4, -0.2) is 45.6 Å². The van der Waals surface area contributed by atoms with Crippen LogP contribution in [0.1, 0.15) is 32.7 Å². The zero-order valence-corrected chi connectivity index (χ0v) is 33.7. The van der Waals surface area contributed by atoms with Crippen LogP contribution in [-0.2, 0) is 4.79 Å². The molecule has 1 unspecified atom stereocenters. The van der Waals surface area contributed by atoms with Crippen molar-refractivity contribution in [2.45, 2.75) is 6.10 Å². The molecule has 10 nitrogen and oxygen atoms in total. The largest absolute Gasteiger partial charge is 0.443 e. The van der Waals surface area contributed by atoms with Gasteiger partial charge in [-0.25, -0.2) is 15.0 Å². The number of pyridine rings is 1. The Morgan fingerprint density at radius 2 is 1.03 bits per heavy atom. The molecule has 9 rings (SSSR count). The van der Waals surface area contributed by atoms with E-state index in [1.165, 1.54) is 11.3 Å². The van der Waals surface area contributed by atoms with Crippen LogP contribution in [0, 0.1) is 0 Å². The number of hydrogen-bond acceptors (Lipinski definition) is 9. The number of oxazole rings is 2. The van der Waals surface area contributed by atoms with Gasteiger partial charge in [0.25, 0.3) is 5.89 Å². The molecular weight excluding hydrogens is 777 g/mol. The van der Waals surface area contributed by atoms with Gasteiger partial charge in [0.2, 0.25) is 12.7 Å². The fourth-order valence-corrected chi connectivity index (χ4v) is 5.97. The van der Waals surface area contributed by atoms with Crippen molar-refractivity contribution in [2.75, 3.05) is 11.9 Å². The molecule has 0 radical (unpaired) electrons. The predicted octanol–water partition coefficient (Wildman–Crippen LogP) is 11.1. The monoisotopic (exact) mass is 818 g/mol. The lowest BCUT2D eigenvalue weighted by molar-refractivity contribution is -0.107. The van der Waals surface area contributed by atoms with E-state index < -0.39 is 6.10 Å². The van der Waals surface area contributed by atoms with Crippen LogP contribution in [0.25, 0.3) is 45.2 Å². The summed E-state index contributed by atoms with van der Waals surface area (Å²) in [6, 6.07) is 62.6. The van der Waals surface area contributed by atoms with Crippen LogP contribution >= 0.6 is 0 Å². The van der Waals surface area contributed by atoms with Gasteiger partial charge in [-0.1, -0.05) is 188 Å². The Balaban J connectivity index is 0.000000141. The minimum atomic E-state index is -1.08. The lowest BCUT2D eigenvalue weighted by atomic mass is 10.0. The van der Waals surface area contributed by atoms with Crippen molar-refractivity contribution in [3.63, 3.8) is 0 Å². The number of carbonyl (C=O) groups excluding carboxylic acids is 3. The maximum absolute atomic E-state index is 11.9. The first-order valence-electron chi connectivity index (χ1n) is 19.5. The van der Waals surface area contributed by atoms with Crippen LogP contribution in [0.4, 0.5) is 5.82 Å². The van der Waals surface area contributed by atoms with Crippen molar-refractivity contribution < 1.29 is 28.3 Å². The summed E-state index contributed by atoms with van der Waals surface area (Å²) in [4.78, 5) is 46.9. The van der Waals surface area contributed by atoms with E-state index in [-0.39, 0.29) is 11.7 Å². The van der Waals surface area contributed by atoms with Gasteiger partial charge < -0.3 is 18.8 Å². The average Bonchev–Trinajstić information content (AvgIpc) is 4.05. The van der Waals surface area contributed by atoms with E-state index in [1.807, 2.05) is 146 Å². The predicted molar refractivity (Wildman–Crippen MR) is 241 cm³/mol. The molecule has 3 heterocycles. The highest BCUT2D eigenvalue weighted by molar-refractivity contribution is 5.99. The molecule has 0 saturated heterocycles. The van der Waals surface area contributed by atoms with Gasteiger partial charge in [0.1, 0.15) is 23.3 Å². The molecule has 6 aromatic carbocycles. The van der Waals surface area contributed by atoms with Gasteiger partial charge in [-0.05, 0) is 17.7 Å². The molecule has 0 aliphatic heterocycles. The minimum absolute atomic E-state index is 0.0951. The maximum Gasteiger partial charge on any atom is 0.260 e. The second-order valence-corrected chi connectivity index (χ2v) is 13.3. The van der Waals surface area contributed by atoms with Crippen molar-refractivity contribution in [3.05, 3.63) is 230 Å². The standard InChI is InChI=1S/C16H11NO2.C15H11NO.C14H12O2.C7H8N2O/c18-11-14-17-15(12-7-3-1-4-8-12)16(19-14)13-9-5-2-6-10-13;1-3-7-12(8-4-1)14-15(17-11-16-14)13-9-5-2-6-10-13;15-13(11-7-3-1-4-8-11)14(16)12-9-5-2-6-10-12;1-9(6-10)7-4-2-3-5-8-7/h1-11H;1-11H;1-10,13,15H;2-6H,1H3. The summed E-state index contributed by atoms with van der Waals surface area (Å²) < 4.78 is 11.0. The third-order valence-corrected chi connectivity index (χ3v) is 9.07. The Labute approximate surface area is 359 Å². The molecule has 0 spiro atoms. The highest BCUT2D eigenvalue weighted by Gasteiger charge is 2.18. The van der Waals surface area contributed by atoms with Gasteiger partial charge in [-0.2, -0.15) is 0 Å². The molecule has 1 N–H and O–H groups in total. The molecule has 0 aliphatic carbocycles. The highest BCUT2D eigenvalue weighted by Crippen LogP contribution is 2.32. The lowest BCUT2D eigenvalue weighted by Gasteiger charge is -2.09. The van der Waals surface area contributed by atoms with Gasteiger partial charge in [0.05, 0.1) is 0 Å². The SMILES string of the molecule is CN(C=O)c1ccccn1.O=C(c1ccccc1)C(O)c1ccccc1.O=Cc1nc(-c2ccccc2)c(-c2ccccc2)o1.c1ccc(-c2ncoc2-c2ccccc2)cc1. The topological polar surface area (TPSA) is 140 Å². The number of aliphatic hydroxyl groups is 1. The van der Waals surface area contributed by atoms with Crippen molar-refractivity contribution in [1.82, 2.24) is 15.0 Å². The molecular formula is C52H42N4O6. The van der Waals surface area contributed by atoms with Crippen LogP contribution in [0.5, 0.6) is 0 Å². The molecule has 9 aromatic rings. The Kier molecular flexibility index (Phi) is 15.8. The first-order valence-corrected chi connectivity index (χ1v) is 19.5. The number of hydrogen-bond donors (Lipinski definition) is 1. The summed E-state index contributed by atoms with van der Waals surface area (Å²) in [6.45, 7) is 0. The van der Waals surface area contributed by atoms with E-state index in [9.17, 15) is 19.5 Å². The van der Waals surface area contributed by atoms with Crippen LogP contribution < -0.4 is 4.90 Å². The number of benzene rings is 6. The molecule has 1 atom stereocenters. The Bertz CT molecular complexity index is 2590. The first-order chi connectivity index (χ1) is 30.5. The number of rotatable bonds is 10. The second kappa shape index (κ2) is 22.7. The summed E-state index contributed by atoms with van der Waals surface area (Å²) in [6.07, 6.45) is 3.41. The number of amides is 1. The van der Waals surface area contributed by atoms with Crippen molar-refractivity contribution in [2.24, 2.45) is 0 Å². The Morgan fingerprint density at radius 1 is 0.565 bits per heavy atom. The average molecular weight is 819 g/mol. The molecule has 3 aromatic heterocycles. The van der Waals surface area contributed by atoms with E-state index in [2.05, 4.69) is 15.0 Å². The third kappa shape index (κ3) is 11.9. The fraction of sp³-hybridized carbons (Fsp3) is 0.0385. The molecule has 0 aliphatic rings. The smallest absolute Gasteiger partial charge is 0.260 e. The Morgan fingerprint density at radius 3 is 1.53 bits per heavy atom. The third-order valence-electron chi connectivity index (χ3n) is 9.07. The summed E-state index contributed by atoms with van der Waals surface area (Å²) in [7, 11) is 1.66. The van der Waals surface area contributed by atoms with E-state index in [0.29, 0.717) is 34.7 Å². The van der Waals surface area contributed by atoms with Crippen LogP contribution in [0.3, 0.4) is 0 Å². The summed E-state index contributed by atoms with van der Waals surface area (Å²) in [5.74, 6) is 1.92. The number of aliphatic hydroxyl groups excluding tert-OH is 1. The Hall–Kier alpha value is -8.34. The number of aromatic nitrogens is 3. The molecule has 0 fully saturated rings. The number of aldehydes is 1. The molecule has 0 saturated carbocycles. The van der Waals surface area contributed by atoms with E-state index in [4.69, 9.17) is 8.83 Å². The first kappa shape index (κ1) is 43.2. The zero-order chi connectivity index (χ0) is 43.4. The van der Waals surface area contributed by atoms with Crippen molar-refractivity contribution in [1.29, 1.82) is 0 Å². The number of anilines is 1. The van der Waals surface area contributed by atoms with E-state index in [0.717, 1.165) is 40.1 Å². The molecule has 62 heavy (non-hydrogen) atoms. The molecule has 1 amide bonds. The fourth-order valence-electron chi connectivity index (χ4n) is 5.97. The van der Waals surface area contributed by atoms with Gasteiger partial charge in [-0.15, -0.1) is 0 Å². The number of Topliss-reactive ketones (excluding diaryl/α,β-unsaturated/α-hetero) is 1.